The van der Waals surface area contributed by atoms with Crippen molar-refractivity contribution < 1.29 is 4.42 Å². The molecule has 0 aliphatic rings. The summed E-state index contributed by atoms with van der Waals surface area (Å²) in [5, 5.41) is 10.3. The Hall–Kier alpha value is -8.02. The van der Waals surface area contributed by atoms with E-state index in [-0.39, 0.29) is 0 Å². The van der Waals surface area contributed by atoms with Crippen LogP contribution in [0.15, 0.2) is 199 Å². The molecular weight excluding hydrogens is 721 g/mol. The van der Waals surface area contributed by atoms with Crippen molar-refractivity contribution in [2.75, 3.05) is 0 Å². The second-order valence-corrected chi connectivity index (χ2v) is 15.0. The average Bonchev–Trinajstić information content (AvgIpc) is 3.72. The molecule has 0 saturated carbocycles. The molecule has 12 rings (SSSR count). The Kier molecular flexibility index (Phi) is 7.47. The summed E-state index contributed by atoms with van der Waals surface area (Å²) in [4.78, 5) is 20.6. The minimum Gasteiger partial charge on any atom is -0.455 e. The Labute approximate surface area is 338 Å². The van der Waals surface area contributed by atoms with E-state index in [0.717, 1.165) is 71.9 Å². The number of fused-ring (bicyclic) bond motifs is 11. The zero-order valence-electron chi connectivity index (χ0n) is 31.7. The molecule has 0 unspecified atom stereocenters. The molecule has 0 spiro atoms. The maximum Gasteiger partial charge on any atom is 0.164 e. The monoisotopic (exact) mass is 752 g/mol. The van der Waals surface area contributed by atoms with Crippen molar-refractivity contribution in [2.45, 2.75) is 0 Å². The first kappa shape index (κ1) is 33.2. The summed E-state index contributed by atoms with van der Waals surface area (Å²) in [6.45, 7) is 0. The summed E-state index contributed by atoms with van der Waals surface area (Å²) in [7, 11) is 0. The van der Waals surface area contributed by atoms with Gasteiger partial charge in [-0.1, -0.05) is 164 Å². The summed E-state index contributed by atoms with van der Waals surface area (Å²) < 4.78 is 6.77. The molecule has 0 aliphatic carbocycles. The number of benzene rings is 9. The van der Waals surface area contributed by atoms with E-state index in [9.17, 15) is 0 Å². The molecule has 0 fully saturated rings. The zero-order valence-corrected chi connectivity index (χ0v) is 31.7. The molecule has 0 bridgehead atoms. The van der Waals surface area contributed by atoms with Crippen molar-refractivity contribution in [2.24, 2.45) is 0 Å². The molecule has 5 heteroatoms. The molecule has 274 valence electrons. The smallest absolute Gasteiger partial charge is 0.164 e. The van der Waals surface area contributed by atoms with Crippen molar-refractivity contribution in [3.8, 4) is 56.5 Å². The lowest BCUT2D eigenvalue weighted by Gasteiger charge is -2.13. The van der Waals surface area contributed by atoms with Crippen molar-refractivity contribution in [3.63, 3.8) is 0 Å². The lowest BCUT2D eigenvalue weighted by Crippen LogP contribution is -2.00. The lowest BCUT2D eigenvalue weighted by atomic mass is 9.92. The van der Waals surface area contributed by atoms with Gasteiger partial charge in [-0.3, -0.25) is 0 Å². The fourth-order valence-corrected chi connectivity index (χ4v) is 8.66. The summed E-state index contributed by atoms with van der Waals surface area (Å²) in [5.41, 5.74) is 9.31. The van der Waals surface area contributed by atoms with Gasteiger partial charge in [-0.05, 0) is 73.8 Å². The van der Waals surface area contributed by atoms with Crippen LogP contribution in [-0.2, 0) is 0 Å². The normalized spacial score (nSPS) is 11.7. The van der Waals surface area contributed by atoms with E-state index < -0.39 is 0 Å². The first-order chi connectivity index (χ1) is 29.2. The van der Waals surface area contributed by atoms with Crippen LogP contribution in [0.2, 0.25) is 0 Å². The Bertz CT molecular complexity index is 3560. The quantitative estimate of drug-likeness (QED) is 0.164. The van der Waals surface area contributed by atoms with Gasteiger partial charge in [0.25, 0.3) is 0 Å². The van der Waals surface area contributed by atoms with Crippen LogP contribution in [0.25, 0.3) is 122 Å². The Morgan fingerprint density at radius 3 is 1.39 bits per heavy atom. The Morgan fingerprint density at radius 1 is 0.288 bits per heavy atom. The van der Waals surface area contributed by atoms with Crippen LogP contribution in [0, 0.1) is 0 Å². The molecule has 5 nitrogen and oxygen atoms in total. The lowest BCUT2D eigenvalue weighted by molar-refractivity contribution is 0.672. The number of furan rings is 1. The number of nitrogens with zero attached hydrogens (tertiary/aromatic N) is 4. The van der Waals surface area contributed by atoms with Gasteiger partial charge in [-0.2, -0.15) is 0 Å². The first-order valence-electron chi connectivity index (χ1n) is 19.8. The molecule has 12 aromatic rings. The molecule has 0 radical (unpaired) electrons. The standard InChI is InChI=1S/C54H32N4O/c1-3-13-33(14-4-1)34-23-25-36(26-24-34)53-56-52(35-15-5-2-6-16-35)57-54(58-53)38-28-30-47-46(32-38)51-49(44-21-11-12-22-48(44)59-51)50(55-47)37-27-29-43-41-19-8-7-17-39(41)40-18-9-10-20-42(40)45(43)31-37/h1-32H. The van der Waals surface area contributed by atoms with Crippen LogP contribution in [0.5, 0.6) is 0 Å². The van der Waals surface area contributed by atoms with E-state index in [2.05, 4.69) is 146 Å². The number of rotatable bonds is 5. The summed E-state index contributed by atoms with van der Waals surface area (Å²) in [6, 6.07) is 67.4. The Morgan fingerprint density at radius 2 is 0.729 bits per heavy atom. The molecule has 3 aromatic heterocycles. The van der Waals surface area contributed by atoms with E-state index in [4.69, 9.17) is 24.4 Å². The van der Waals surface area contributed by atoms with Gasteiger partial charge in [-0.15, -0.1) is 0 Å². The zero-order chi connectivity index (χ0) is 38.9. The fraction of sp³-hybridized carbons (Fsp3) is 0. The summed E-state index contributed by atoms with van der Waals surface area (Å²) >= 11 is 0. The maximum atomic E-state index is 6.77. The molecule has 0 aliphatic heterocycles. The van der Waals surface area contributed by atoms with Crippen LogP contribution in [0.1, 0.15) is 0 Å². The minimum atomic E-state index is 0.574. The summed E-state index contributed by atoms with van der Waals surface area (Å²) in [5.74, 6) is 1.79. The number of para-hydroxylation sites is 1. The molecule has 3 heterocycles. The van der Waals surface area contributed by atoms with E-state index in [1.165, 1.54) is 32.3 Å². The highest BCUT2D eigenvalue weighted by molar-refractivity contribution is 6.26. The third-order valence-electron chi connectivity index (χ3n) is 11.5. The van der Waals surface area contributed by atoms with Crippen molar-refractivity contribution in [1.29, 1.82) is 0 Å². The number of aromatic nitrogens is 4. The maximum absolute atomic E-state index is 6.77. The highest BCUT2D eigenvalue weighted by Crippen LogP contribution is 2.43. The number of pyridine rings is 1. The Balaban J connectivity index is 1.05. The molecule has 0 atom stereocenters. The van der Waals surface area contributed by atoms with Crippen LogP contribution < -0.4 is 0 Å². The highest BCUT2D eigenvalue weighted by Gasteiger charge is 2.21. The van der Waals surface area contributed by atoms with E-state index in [1.54, 1.807) is 0 Å². The van der Waals surface area contributed by atoms with Crippen LogP contribution in [0.3, 0.4) is 0 Å². The molecule has 0 amide bonds. The second kappa shape index (κ2) is 13.3. The first-order valence-corrected chi connectivity index (χ1v) is 19.8. The van der Waals surface area contributed by atoms with E-state index in [1.807, 2.05) is 48.5 Å². The second-order valence-electron chi connectivity index (χ2n) is 15.0. The molecule has 0 N–H and O–H groups in total. The predicted molar refractivity (Wildman–Crippen MR) is 242 cm³/mol. The molecular formula is C54H32N4O. The van der Waals surface area contributed by atoms with Gasteiger partial charge in [0.05, 0.1) is 16.6 Å². The van der Waals surface area contributed by atoms with Crippen LogP contribution in [-0.4, -0.2) is 19.9 Å². The third kappa shape index (κ3) is 5.47. The highest BCUT2D eigenvalue weighted by atomic mass is 16.3. The van der Waals surface area contributed by atoms with Gasteiger partial charge in [0.1, 0.15) is 11.2 Å². The average molecular weight is 753 g/mol. The SMILES string of the molecule is c1ccc(-c2ccc(-c3nc(-c4ccccc4)nc(-c4ccc5nc(-c6ccc7c8ccccc8c8ccccc8c7c6)c6c7ccccc7oc6c5c4)n3)cc2)cc1. The molecule has 0 saturated heterocycles. The van der Waals surface area contributed by atoms with Gasteiger partial charge >= 0.3 is 0 Å². The van der Waals surface area contributed by atoms with Crippen LogP contribution in [0.4, 0.5) is 0 Å². The van der Waals surface area contributed by atoms with Crippen molar-refractivity contribution in [1.82, 2.24) is 19.9 Å². The molecule has 59 heavy (non-hydrogen) atoms. The van der Waals surface area contributed by atoms with Crippen molar-refractivity contribution in [3.05, 3.63) is 194 Å². The number of hydrogen-bond donors (Lipinski definition) is 0. The number of hydrogen-bond acceptors (Lipinski definition) is 5. The van der Waals surface area contributed by atoms with Crippen LogP contribution >= 0.6 is 0 Å². The van der Waals surface area contributed by atoms with Gasteiger partial charge in [0, 0.05) is 33.0 Å². The van der Waals surface area contributed by atoms with E-state index in [0.29, 0.717) is 17.5 Å². The third-order valence-corrected chi connectivity index (χ3v) is 11.5. The fourth-order valence-electron chi connectivity index (χ4n) is 8.66. The van der Waals surface area contributed by atoms with E-state index >= 15 is 0 Å². The summed E-state index contributed by atoms with van der Waals surface area (Å²) in [6.07, 6.45) is 0. The van der Waals surface area contributed by atoms with Gasteiger partial charge < -0.3 is 4.42 Å². The topological polar surface area (TPSA) is 64.7 Å². The predicted octanol–water partition coefficient (Wildman–Crippen LogP) is 14.1. The van der Waals surface area contributed by atoms with Gasteiger partial charge in [-0.25, -0.2) is 19.9 Å². The van der Waals surface area contributed by atoms with Gasteiger partial charge in [0.2, 0.25) is 0 Å². The minimum absolute atomic E-state index is 0.574. The van der Waals surface area contributed by atoms with Gasteiger partial charge in [0.15, 0.2) is 17.5 Å². The largest absolute Gasteiger partial charge is 0.455 e. The van der Waals surface area contributed by atoms with Crippen molar-refractivity contribution >= 4 is 65.2 Å². The molecule has 9 aromatic carbocycles.